The summed E-state index contributed by atoms with van der Waals surface area (Å²) in [5, 5.41) is 1.51. The minimum Gasteiger partial charge on any atom is -0.440 e. The normalized spacial score (nSPS) is 12.6. The maximum atomic E-state index is 5.79. The molecule has 2 aromatic heterocycles. The molecule has 0 aliphatic carbocycles. The number of aromatic nitrogens is 2. The van der Waals surface area contributed by atoms with Gasteiger partial charge in [-0.15, -0.1) is 0 Å². The molecule has 16 heavy (non-hydrogen) atoms. The smallest absolute Gasteiger partial charge is 0.261 e. The Hall–Kier alpha value is -1.33. The highest BCUT2D eigenvalue weighted by atomic mass is 32.2. The number of hydrogen-bond donors (Lipinski definition) is 1. The van der Waals surface area contributed by atoms with E-state index in [0.717, 1.165) is 17.0 Å². The molecule has 2 N–H and O–H groups in total. The second kappa shape index (κ2) is 5.14. The fraction of sp³-hybridized carbons (Fsp3) is 0.273. The van der Waals surface area contributed by atoms with Crippen LogP contribution in [0.1, 0.15) is 12.5 Å². The van der Waals surface area contributed by atoms with Gasteiger partial charge in [0.15, 0.2) is 0 Å². The van der Waals surface area contributed by atoms with Crippen molar-refractivity contribution < 1.29 is 4.42 Å². The average molecular weight is 235 g/mol. The summed E-state index contributed by atoms with van der Waals surface area (Å²) in [5.74, 6) is 0. The number of oxazole rings is 1. The van der Waals surface area contributed by atoms with E-state index in [-0.39, 0.29) is 6.04 Å². The van der Waals surface area contributed by atoms with Crippen molar-refractivity contribution in [2.75, 3.05) is 0 Å². The molecule has 1 atom stereocenters. The van der Waals surface area contributed by atoms with Crippen LogP contribution in [0.5, 0.6) is 0 Å². The molecule has 2 aromatic rings. The van der Waals surface area contributed by atoms with Crippen molar-refractivity contribution in [3.63, 3.8) is 0 Å². The van der Waals surface area contributed by atoms with Crippen molar-refractivity contribution in [3.8, 4) is 0 Å². The van der Waals surface area contributed by atoms with Crippen LogP contribution in [0.2, 0.25) is 0 Å². The van der Waals surface area contributed by atoms with Crippen LogP contribution in [0.3, 0.4) is 0 Å². The van der Waals surface area contributed by atoms with Crippen molar-refractivity contribution >= 4 is 11.8 Å². The van der Waals surface area contributed by atoms with E-state index in [4.69, 9.17) is 10.2 Å². The molecule has 0 aromatic carbocycles. The third-order valence-electron chi connectivity index (χ3n) is 1.99. The lowest BCUT2D eigenvalue weighted by Gasteiger charge is -2.08. The molecule has 0 fully saturated rings. The standard InChI is InChI=1S/C11H13N3OS/c1-8(12)7-9-3-2-4-13-10(9)16-11-14-5-6-15-11/h2-6,8H,7,12H2,1H3. The van der Waals surface area contributed by atoms with Gasteiger partial charge < -0.3 is 10.2 Å². The Kier molecular flexibility index (Phi) is 3.58. The van der Waals surface area contributed by atoms with E-state index in [1.54, 1.807) is 18.7 Å². The van der Waals surface area contributed by atoms with Gasteiger partial charge in [0.1, 0.15) is 11.3 Å². The first-order valence-corrected chi connectivity index (χ1v) is 5.84. The molecule has 1 unspecified atom stereocenters. The van der Waals surface area contributed by atoms with E-state index in [1.165, 1.54) is 11.8 Å². The molecule has 0 radical (unpaired) electrons. The predicted octanol–water partition coefficient (Wildman–Crippen LogP) is 2.11. The van der Waals surface area contributed by atoms with E-state index in [1.807, 2.05) is 19.1 Å². The second-order valence-electron chi connectivity index (χ2n) is 3.55. The fourth-order valence-corrected chi connectivity index (χ4v) is 2.14. The van der Waals surface area contributed by atoms with E-state index in [2.05, 4.69) is 9.97 Å². The van der Waals surface area contributed by atoms with Crippen LogP contribution in [-0.4, -0.2) is 16.0 Å². The molecule has 0 amide bonds. The maximum Gasteiger partial charge on any atom is 0.261 e. The molecule has 0 spiro atoms. The molecular weight excluding hydrogens is 222 g/mol. The second-order valence-corrected chi connectivity index (χ2v) is 4.49. The summed E-state index contributed by atoms with van der Waals surface area (Å²) < 4.78 is 5.18. The van der Waals surface area contributed by atoms with Gasteiger partial charge in [-0.1, -0.05) is 6.07 Å². The monoisotopic (exact) mass is 235 g/mol. The molecule has 0 aliphatic rings. The summed E-state index contributed by atoms with van der Waals surface area (Å²) in [4.78, 5) is 8.37. The van der Waals surface area contributed by atoms with Gasteiger partial charge in [-0.3, -0.25) is 0 Å². The number of pyridine rings is 1. The van der Waals surface area contributed by atoms with E-state index in [0.29, 0.717) is 5.22 Å². The van der Waals surface area contributed by atoms with Crippen LogP contribution in [0.4, 0.5) is 0 Å². The summed E-state index contributed by atoms with van der Waals surface area (Å²) in [7, 11) is 0. The molecule has 0 bridgehead atoms. The molecular formula is C11H13N3OS. The van der Waals surface area contributed by atoms with Crippen LogP contribution < -0.4 is 5.73 Å². The highest BCUT2D eigenvalue weighted by molar-refractivity contribution is 7.99. The van der Waals surface area contributed by atoms with Gasteiger partial charge in [0, 0.05) is 12.2 Å². The van der Waals surface area contributed by atoms with Gasteiger partial charge in [0.05, 0.1) is 6.20 Å². The summed E-state index contributed by atoms with van der Waals surface area (Å²) in [6.07, 6.45) is 5.74. The Labute approximate surface area is 98.3 Å². The molecule has 4 nitrogen and oxygen atoms in total. The lowest BCUT2D eigenvalue weighted by Crippen LogP contribution is -2.18. The zero-order valence-corrected chi connectivity index (χ0v) is 9.78. The Morgan fingerprint density at radius 1 is 1.44 bits per heavy atom. The van der Waals surface area contributed by atoms with Crippen LogP contribution in [0.25, 0.3) is 0 Å². The van der Waals surface area contributed by atoms with Crippen molar-refractivity contribution in [1.29, 1.82) is 0 Å². The lowest BCUT2D eigenvalue weighted by molar-refractivity contribution is 0.453. The Morgan fingerprint density at radius 3 is 3.00 bits per heavy atom. The number of hydrogen-bond acceptors (Lipinski definition) is 5. The van der Waals surface area contributed by atoms with Crippen LogP contribution in [0.15, 0.2) is 45.5 Å². The topological polar surface area (TPSA) is 64.9 Å². The van der Waals surface area contributed by atoms with Gasteiger partial charge in [-0.2, -0.15) is 0 Å². The van der Waals surface area contributed by atoms with Crippen molar-refractivity contribution in [1.82, 2.24) is 9.97 Å². The van der Waals surface area contributed by atoms with Crippen molar-refractivity contribution in [3.05, 3.63) is 36.4 Å². The number of nitrogens with zero attached hydrogens (tertiary/aromatic N) is 2. The summed E-state index contributed by atoms with van der Waals surface area (Å²) in [5.41, 5.74) is 6.92. The summed E-state index contributed by atoms with van der Waals surface area (Å²) in [6, 6.07) is 4.06. The summed E-state index contributed by atoms with van der Waals surface area (Å²) in [6.45, 7) is 1.98. The van der Waals surface area contributed by atoms with Gasteiger partial charge in [0.2, 0.25) is 0 Å². The molecule has 2 heterocycles. The molecule has 0 saturated heterocycles. The van der Waals surface area contributed by atoms with E-state index in [9.17, 15) is 0 Å². The third-order valence-corrected chi connectivity index (χ3v) is 2.92. The quantitative estimate of drug-likeness (QED) is 0.879. The first-order chi connectivity index (χ1) is 7.75. The van der Waals surface area contributed by atoms with Gasteiger partial charge >= 0.3 is 0 Å². The molecule has 5 heteroatoms. The Balaban J connectivity index is 2.19. The molecule has 0 aliphatic heterocycles. The molecule has 84 valence electrons. The van der Waals surface area contributed by atoms with Gasteiger partial charge in [-0.25, -0.2) is 9.97 Å². The van der Waals surface area contributed by atoms with Gasteiger partial charge in [0.25, 0.3) is 5.22 Å². The van der Waals surface area contributed by atoms with E-state index < -0.39 is 0 Å². The first kappa shape index (κ1) is 11.2. The molecule has 2 rings (SSSR count). The number of nitrogens with two attached hydrogens (primary N) is 1. The van der Waals surface area contributed by atoms with Crippen LogP contribution in [0, 0.1) is 0 Å². The van der Waals surface area contributed by atoms with Crippen molar-refractivity contribution in [2.45, 2.75) is 29.6 Å². The van der Waals surface area contributed by atoms with Crippen LogP contribution in [-0.2, 0) is 6.42 Å². The van der Waals surface area contributed by atoms with Gasteiger partial charge in [-0.05, 0) is 36.7 Å². The maximum absolute atomic E-state index is 5.79. The average Bonchev–Trinajstić information content (AvgIpc) is 2.73. The zero-order valence-electron chi connectivity index (χ0n) is 8.96. The number of rotatable bonds is 4. The van der Waals surface area contributed by atoms with Crippen molar-refractivity contribution in [2.24, 2.45) is 5.73 Å². The van der Waals surface area contributed by atoms with Crippen LogP contribution >= 0.6 is 11.8 Å². The Bertz CT molecular complexity index is 442. The first-order valence-electron chi connectivity index (χ1n) is 5.02. The highest BCUT2D eigenvalue weighted by Crippen LogP contribution is 2.27. The SMILES string of the molecule is CC(N)Cc1cccnc1Sc1ncco1. The predicted molar refractivity (Wildman–Crippen MR) is 62.2 cm³/mol. The minimum atomic E-state index is 0.119. The lowest BCUT2D eigenvalue weighted by atomic mass is 10.1. The largest absolute Gasteiger partial charge is 0.440 e. The molecule has 0 saturated carbocycles. The third kappa shape index (κ3) is 2.84. The minimum absolute atomic E-state index is 0.119. The Morgan fingerprint density at radius 2 is 2.31 bits per heavy atom. The highest BCUT2D eigenvalue weighted by Gasteiger charge is 2.09. The fourth-order valence-electron chi connectivity index (χ4n) is 1.36. The zero-order chi connectivity index (χ0) is 11.4. The summed E-state index contributed by atoms with van der Waals surface area (Å²) >= 11 is 1.42. The van der Waals surface area contributed by atoms with E-state index >= 15 is 0 Å².